The van der Waals surface area contributed by atoms with Crippen molar-refractivity contribution in [1.29, 1.82) is 0 Å². The zero-order chi connectivity index (χ0) is 22.6. The van der Waals surface area contributed by atoms with Gasteiger partial charge in [0.1, 0.15) is 0 Å². The third-order valence-corrected chi connectivity index (χ3v) is 5.70. The molecule has 0 spiro atoms. The van der Waals surface area contributed by atoms with Gasteiger partial charge in [-0.3, -0.25) is 4.98 Å². The van der Waals surface area contributed by atoms with Crippen LogP contribution in [0.1, 0.15) is 126 Å². The van der Waals surface area contributed by atoms with Crippen molar-refractivity contribution in [3.05, 3.63) is 41.7 Å². The fourth-order valence-electron chi connectivity index (χ4n) is 3.78. The van der Waals surface area contributed by atoms with E-state index in [-0.39, 0.29) is 11.5 Å². The number of nitrogens with zero attached hydrogens (tertiary/aromatic N) is 1. The lowest BCUT2D eigenvalue weighted by molar-refractivity contribution is 0.0692. The van der Waals surface area contributed by atoms with E-state index in [1.807, 2.05) is 6.92 Å². The number of allylic oxidation sites excluding steroid dienone is 2. The number of aromatic carboxylic acids is 1. The van der Waals surface area contributed by atoms with Gasteiger partial charge in [-0.2, -0.15) is 0 Å². The van der Waals surface area contributed by atoms with Crippen LogP contribution in [0.25, 0.3) is 0 Å². The van der Waals surface area contributed by atoms with Crippen LogP contribution in [0.2, 0.25) is 0 Å². The molecule has 176 valence electrons. The van der Waals surface area contributed by atoms with Crippen LogP contribution in [0.15, 0.2) is 30.5 Å². The molecule has 1 atom stereocenters. The highest BCUT2D eigenvalue weighted by Crippen LogP contribution is 2.18. The molecular weight excluding hydrogens is 386 g/mol. The minimum absolute atomic E-state index is 0.0126. The van der Waals surface area contributed by atoms with Crippen molar-refractivity contribution in [2.24, 2.45) is 0 Å². The molecule has 1 aromatic heterocycles. The van der Waals surface area contributed by atoms with Gasteiger partial charge in [0.05, 0.1) is 17.9 Å². The highest BCUT2D eigenvalue weighted by atomic mass is 16.5. The summed E-state index contributed by atoms with van der Waals surface area (Å²) < 4.78 is 5.76. The van der Waals surface area contributed by atoms with E-state index in [9.17, 15) is 9.90 Å². The summed E-state index contributed by atoms with van der Waals surface area (Å²) in [6, 6.07) is 3.26. The number of unbranched alkanes of at least 4 members (excludes halogenated alkanes) is 12. The molecule has 1 aromatic rings. The minimum Gasteiger partial charge on any atom is -0.478 e. The maximum Gasteiger partial charge on any atom is 0.337 e. The molecule has 0 aliphatic rings. The number of aromatic nitrogens is 1. The Morgan fingerprint density at radius 1 is 0.968 bits per heavy atom. The van der Waals surface area contributed by atoms with Gasteiger partial charge < -0.3 is 9.84 Å². The zero-order valence-electron chi connectivity index (χ0n) is 20.0. The topological polar surface area (TPSA) is 59.4 Å². The number of hydrogen-bond donors (Lipinski definition) is 1. The Labute approximate surface area is 190 Å². The lowest BCUT2D eigenvalue weighted by Crippen LogP contribution is -2.12. The number of ether oxygens (including phenoxy) is 1. The Balaban J connectivity index is 1.91. The summed E-state index contributed by atoms with van der Waals surface area (Å²) in [5.74, 6) is -0.940. The second kappa shape index (κ2) is 19.0. The maximum atomic E-state index is 11.3. The Kier molecular flexibility index (Phi) is 16.8. The van der Waals surface area contributed by atoms with E-state index in [0.29, 0.717) is 12.3 Å². The van der Waals surface area contributed by atoms with E-state index < -0.39 is 5.97 Å². The van der Waals surface area contributed by atoms with Crippen molar-refractivity contribution in [3.8, 4) is 0 Å². The van der Waals surface area contributed by atoms with E-state index in [2.05, 4.69) is 24.1 Å². The SMILES string of the molecule is CCCCCCCCC=CCCCCCCCCOCC(C)c1ncccc1C(=O)O. The first-order chi connectivity index (χ1) is 15.2. The second-order valence-electron chi connectivity index (χ2n) is 8.66. The Hall–Kier alpha value is -1.68. The van der Waals surface area contributed by atoms with E-state index >= 15 is 0 Å². The molecule has 0 aliphatic heterocycles. The van der Waals surface area contributed by atoms with Crippen LogP contribution in [-0.2, 0) is 4.74 Å². The molecule has 0 saturated carbocycles. The highest BCUT2D eigenvalue weighted by Gasteiger charge is 2.16. The third-order valence-electron chi connectivity index (χ3n) is 5.70. The molecule has 4 nitrogen and oxygen atoms in total. The van der Waals surface area contributed by atoms with Crippen LogP contribution in [0.3, 0.4) is 0 Å². The third kappa shape index (κ3) is 14.1. The monoisotopic (exact) mass is 431 g/mol. The van der Waals surface area contributed by atoms with E-state index in [1.54, 1.807) is 18.3 Å². The molecule has 0 aromatic carbocycles. The van der Waals surface area contributed by atoms with Crippen molar-refractivity contribution in [2.75, 3.05) is 13.2 Å². The fourth-order valence-corrected chi connectivity index (χ4v) is 3.78. The van der Waals surface area contributed by atoms with Crippen LogP contribution in [0.4, 0.5) is 0 Å². The number of hydrogen-bond acceptors (Lipinski definition) is 3. The number of rotatable bonds is 20. The second-order valence-corrected chi connectivity index (χ2v) is 8.66. The van der Waals surface area contributed by atoms with Gasteiger partial charge in [0.15, 0.2) is 0 Å². The first kappa shape index (κ1) is 27.4. The van der Waals surface area contributed by atoms with Crippen LogP contribution in [0.5, 0.6) is 0 Å². The molecule has 1 unspecified atom stereocenters. The smallest absolute Gasteiger partial charge is 0.337 e. The van der Waals surface area contributed by atoms with Crippen LogP contribution >= 0.6 is 0 Å². The standard InChI is InChI=1S/C27H45NO3/c1-3-4-5-6-7-8-9-10-11-12-13-14-15-16-17-18-22-31-23-24(2)26-25(27(29)30)20-19-21-28-26/h10-11,19-21,24H,3-9,12-18,22-23H2,1-2H3,(H,29,30). The molecule has 0 fully saturated rings. The van der Waals surface area contributed by atoms with Gasteiger partial charge in [0.2, 0.25) is 0 Å². The maximum absolute atomic E-state index is 11.3. The first-order valence-electron chi connectivity index (χ1n) is 12.6. The van der Waals surface area contributed by atoms with Gasteiger partial charge in [-0.05, 0) is 44.2 Å². The van der Waals surface area contributed by atoms with Gasteiger partial charge in [-0.15, -0.1) is 0 Å². The molecule has 4 heteroatoms. The zero-order valence-corrected chi connectivity index (χ0v) is 20.0. The molecule has 0 aliphatic carbocycles. The molecule has 0 bridgehead atoms. The van der Waals surface area contributed by atoms with Crippen molar-refractivity contribution in [1.82, 2.24) is 4.98 Å². The average molecular weight is 432 g/mol. The Morgan fingerprint density at radius 3 is 2.16 bits per heavy atom. The van der Waals surface area contributed by atoms with Crippen molar-refractivity contribution in [2.45, 2.75) is 110 Å². The van der Waals surface area contributed by atoms with E-state index in [4.69, 9.17) is 4.74 Å². The Bertz CT molecular complexity index is 600. The van der Waals surface area contributed by atoms with Crippen molar-refractivity contribution in [3.63, 3.8) is 0 Å². The first-order valence-corrected chi connectivity index (χ1v) is 12.6. The number of pyridine rings is 1. The average Bonchev–Trinajstić information content (AvgIpc) is 2.78. The van der Waals surface area contributed by atoms with E-state index in [1.165, 1.54) is 83.5 Å². The minimum atomic E-state index is -0.928. The summed E-state index contributed by atoms with van der Waals surface area (Å²) in [5.41, 5.74) is 0.881. The molecule has 31 heavy (non-hydrogen) atoms. The lowest BCUT2D eigenvalue weighted by Gasteiger charge is -2.13. The predicted molar refractivity (Wildman–Crippen MR) is 130 cm³/mol. The van der Waals surface area contributed by atoms with Gasteiger partial charge in [-0.1, -0.05) is 83.8 Å². The van der Waals surface area contributed by atoms with Crippen molar-refractivity contribution < 1.29 is 14.6 Å². The van der Waals surface area contributed by atoms with Crippen LogP contribution < -0.4 is 0 Å². The van der Waals surface area contributed by atoms with E-state index in [0.717, 1.165) is 13.0 Å². The molecule has 0 radical (unpaired) electrons. The number of carbonyl (C=O) groups is 1. The van der Waals surface area contributed by atoms with Crippen LogP contribution in [-0.4, -0.2) is 29.3 Å². The molecule has 0 amide bonds. The molecule has 1 heterocycles. The lowest BCUT2D eigenvalue weighted by atomic mass is 10.0. The van der Waals surface area contributed by atoms with Gasteiger partial charge >= 0.3 is 5.97 Å². The summed E-state index contributed by atoms with van der Waals surface area (Å²) in [6.45, 7) is 5.49. The van der Waals surface area contributed by atoms with Gasteiger partial charge in [0.25, 0.3) is 0 Å². The van der Waals surface area contributed by atoms with Gasteiger partial charge in [0, 0.05) is 18.7 Å². The summed E-state index contributed by atoms with van der Waals surface area (Å²) in [5, 5.41) is 9.26. The normalized spacial score (nSPS) is 12.5. The predicted octanol–water partition coefficient (Wildman–Crippen LogP) is 7.94. The number of carboxylic acids is 1. The van der Waals surface area contributed by atoms with Gasteiger partial charge in [-0.25, -0.2) is 4.79 Å². The summed E-state index contributed by atoms with van der Waals surface area (Å²) in [7, 11) is 0. The summed E-state index contributed by atoms with van der Waals surface area (Å²) >= 11 is 0. The Morgan fingerprint density at radius 2 is 1.55 bits per heavy atom. The molecule has 0 saturated heterocycles. The quantitative estimate of drug-likeness (QED) is 0.168. The summed E-state index contributed by atoms with van der Waals surface area (Å²) in [4.78, 5) is 15.5. The highest BCUT2D eigenvalue weighted by molar-refractivity contribution is 5.88. The van der Waals surface area contributed by atoms with Crippen molar-refractivity contribution >= 4 is 5.97 Å². The fraction of sp³-hybridized carbons (Fsp3) is 0.704. The summed E-state index contributed by atoms with van der Waals surface area (Å²) in [6.07, 6.45) is 24.6. The van der Waals surface area contributed by atoms with Crippen LogP contribution in [0, 0.1) is 0 Å². The number of carboxylic acid groups (broad SMARTS) is 1. The molecule has 1 N–H and O–H groups in total. The largest absolute Gasteiger partial charge is 0.478 e. The molecule has 1 rings (SSSR count). The molecular formula is C27H45NO3.